The quantitative estimate of drug-likeness (QED) is 0.468. The van der Waals surface area contributed by atoms with Crippen molar-refractivity contribution in [3.05, 3.63) is 22.9 Å². The number of ether oxygens (including phenoxy) is 2. The highest BCUT2D eigenvalue weighted by molar-refractivity contribution is 6.46. The smallest absolute Gasteiger partial charge is 0.353 e. The summed E-state index contributed by atoms with van der Waals surface area (Å²) in [5.41, 5.74) is 0.794. The summed E-state index contributed by atoms with van der Waals surface area (Å²) >= 11 is 11.9. The van der Waals surface area contributed by atoms with Gasteiger partial charge in [-0.3, -0.25) is 0 Å². The fourth-order valence-corrected chi connectivity index (χ4v) is 1.57. The van der Waals surface area contributed by atoms with Gasteiger partial charge in [0.25, 0.3) is 0 Å². The first-order chi connectivity index (χ1) is 7.04. The molecule has 0 aromatic heterocycles. The summed E-state index contributed by atoms with van der Waals surface area (Å²) in [7, 11) is 2.80. The zero-order valence-electron chi connectivity index (χ0n) is 8.34. The van der Waals surface area contributed by atoms with Crippen LogP contribution in [0.15, 0.2) is 22.9 Å². The Hall–Kier alpha value is -0.710. The van der Waals surface area contributed by atoms with Crippen molar-refractivity contribution in [2.24, 2.45) is 0 Å². The van der Waals surface area contributed by atoms with E-state index in [0.717, 1.165) is 5.57 Å². The topological polar surface area (TPSA) is 47.6 Å². The number of dihydropyridines is 1. The third kappa shape index (κ3) is 2.45. The van der Waals surface area contributed by atoms with E-state index in [4.69, 9.17) is 27.9 Å². The van der Waals surface area contributed by atoms with Gasteiger partial charge in [0.05, 0.1) is 18.7 Å². The van der Waals surface area contributed by atoms with Gasteiger partial charge in [-0.05, 0) is 11.6 Å². The Morgan fingerprint density at radius 2 is 2.27 bits per heavy atom. The Morgan fingerprint density at radius 3 is 2.73 bits per heavy atom. The fraction of sp³-hybridized carbons (Fsp3) is 0.444. The van der Waals surface area contributed by atoms with Crippen LogP contribution in [0.3, 0.4) is 0 Å². The Kier molecular flexibility index (Phi) is 4.02. The molecule has 6 heteroatoms. The van der Waals surface area contributed by atoms with Crippen LogP contribution in [0.4, 0.5) is 0 Å². The van der Waals surface area contributed by atoms with Crippen LogP contribution in [0.25, 0.3) is 0 Å². The van der Waals surface area contributed by atoms with Crippen molar-refractivity contribution in [2.75, 3.05) is 20.8 Å². The maximum Gasteiger partial charge on any atom is 0.353 e. The highest BCUT2D eigenvalue weighted by atomic mass is 35.5. The molecule has 84 valence electrons. The number of carbonyl (C=O) groups is 1. The minimum absolute atomic E-state index is 0.158. The third-order valence-corrected chi connectivity index (χ3v) is 2.83. The molecule has 1 heterocycles. The van der Waals surface area contributed by atoms with E-state index in [9.17, 15) is 4.79 Å². The van der Waals surface area contributed by atoms with Crippen LogP contribution in [-0.4, -0.2) is 31.8 Å². The lowest BCUT2D eigenvalue weighted by Crippen LogP contribution is -2.47. The van der Waals surface area contributed by atoms with E-state index in [-0.39, 0.29) is 5.03 Å². The van der Waals surface area contributed by atoms with Gasteiger partial charge in [0.2, 0.25) is 5.00 Å². The minimum Gasteiger partial charge on any atom is -0.466 e. The van der Waals surface area contributed by atoms with E-state index in [1.807, 2.05) is 0 Å². The number of nitrogens with one attached hydrogen (secondary N) is 1. The van der Waals surface area contributed by atoms with E-state index in [1.165, 1.54) is 7.11 Å². The predicted octanol–water partition coefficient (Wildman–Crippen LogP) is 1.35. The lowest BCUT2D eigenvalue weighted by atomic mass is 10.1. The molecule has 15 heavy (non-hydrogen) atoms. The number of alkyl halides is 1. The molecule has 0 saturated carbocycles. The van der Waals surface area contributed by atoms with Crippen molar-refractivity contribution in [1.82, 2.24) is 5.32 Å². The highest BCUT2D eigenvalue weighted by Gasteiger charge is 2.41. The molecule has 1 aliphatic heterocycles. The number of hydrogen-bond acceptors (Lipinski definition) is 4. The number of esters is 1. The summed E-state index contributed by atoms with van der Waals surface area (Å²) in [5.74, 6) is -0.655. The second-order valence-electron chi connectivity index (χ2n) is 2.94. The summed E-state index contributed by atoms with van der Waals surface area (Å²) < 4.78 is 9.45. The van der Waals surface area contributed by atoms with Crippen LogP contribution in [0.1, 0.15) is 0 Å². The summed E-state index contributed by atoms with van der Waals surface area (Å²) in [4.78, 5) is 9.84. The average Bonchev–Trinajstić information content (AvgIpc) is 2.23. The molecule has 1 N–H and O–H groups in total. The maximum absolute atomic E-state index is 11.4. The molecule has 4 nitrogen and oxygen atoms in total. The Bertz CT molecular complexity index is 327. The van der Waals surface area contributed by atoms with E-state index in [2.05, 4.69) is 10.1 Å². The molecule has 0 bridgehead atoms. The van der Waals surface area contributed by atoms with Crippen molar-refractivity contribution < 1.29 is 14.3 Å². The number of halogens is 2. The zero-order chi connectivity index (χ0) is 11.5. The first kappa shape index (κ1) is 12.4. The van der Waals surface area contributed by atoms with E-state index < -0.39 is 11.0 Å². The average molecular weight is 252 g/mol. The molecule has 0 aromatic carbocycles. The summed E-state index contributed by atoms with van der Waals surface area (Å²) in [5, 5.41) is 2.84. The van der Waals surface area contributed by atoms with Gasteiger partial charge in [-0.2, -0.15) is 0 Å². The van der Waals surface area contributed by atoms with Gasteiger partial charge in [-0.15, -0.1) is 0 Å². The third-order valence-electron chi connectivity index (χ3n) is 1.88. The maximum atomic E-state index is 11.4. The molecular formula is C9H11Cl2NO3. The second kappa shape index (κ2) is 4.88. The lowest BCUT2D eigenvalue weighted by Gasteiger charge is -2.27. The van der Waals surface area contributed by atoms with E-state index >= 15 is 0 Å². The molecule has 0 radical (unpaired) electrons. The van der Waals surface area contributed by atoms with Gasteiger partial charge in [0, 0.05) is 13.3 Å². The monoisotopic (exact) mass is 251 g/mol. The van der Waals surface area contributed by atoms with Crippen molar-refractivity contribution in [3.8, 4) is 0 Å². The van der Waals surface area contributed by atoms with Crippen molar-refractivity contribution in [1.29, 1.82) is 0 Å². The first-order valence-electron chi connectivity index (χ1n) is 4.15. The standard InChI is InChI=1S/C9H11Cl2NO3/c1-14-5-6-3-7(10)9(11,12-4-6)8(13)15-2/h3-4,12H,5H2,1-2H3. The molecule has 0 saturated heterocycles. The Balaban J connectivity index is 2.86. The SMILES string of the molecule is COCC1=CNC(Cl)(C(=O)OC)C(Cl)=C1. The van der Waals surface area contributed by atoms with Gasteiger partial charge in [-0.1, -0.05) is 23.2 Å². The number of methoxy groups -OCH3 is 2. The van der Waals surface area contributed by atoms with Crippen molar-refractivity contribution >= 4 is 29.2 Å². The molecule has 1 unspecified atom stereocenters. The van der Waals surface area contributed by atoms with Gasteiger partial charge in [-0.25, -0.2) is 4.79 Å². The van der Waals surface area contributed by atoms with Crippen LogP contribution in [0, 0.1) is 0 Å². The van der Waals surface area contributed by atoms with E-state index in [1.54, 1.807) is 19.4 Å². The molecule has 0 aliphatic carbocycles. The van der Waals surface area contributed by atoms with Gasteiger partial charge >= 0.3 is 5.97 Å². The van der Waals surface area contributed by atoms with Crippen LogP contribution in [-0.2, 0) is 14.3 Å². The summed E-state index contributed by atoms with van der Waals surface area (Å²) in [6.45, 7) is 0.386. The number of carbonyl (C=O) groups excluding carboxylic acids is 1. The van der Waals surface area contributed by atoms with Gasteiger partial charge < -0.3 is 14.8 Å². The second-order valence-corrected chi connectivity index (χ2v) is 3.91. The normalized spacial score (nSPS) is 25.1. The van der Waals surface area contributed by atoms with Crippen molar-refractivity contribution in [3.63, 3.8) is 0 Å². The predicted molar refractivity (Wildman–Crippen MR) is 57.6 cm³/mol. The van der Waals surface area contributed by atoms with Gasteiger partial charge in [0.15, 0.2) is 0 Å². The van der Waals surface area contributed by atoms with Crippen LogP contribution < -0.4 is 5.32 Å². The largest absolute Gasteiger partial charge is 0.466 e. The Labute approximate surface area is 97.8 Å². The summed E-state index contributed by atoms with van der Waals surface area (Å²) in [6, 6.07) is 0. The lowest BCUT2D eigenvalue weighted by molar-refractivity contribution is -0.143. The summed E-state index contributed by atoms with van der Waals surface area (Å²) in [6.07, 6.45) is 3.14. The van der Waals surface area contributed by atoms with Crippen LogP contribution >= 0.6 is 23.2 Å². The molecule has 1 rings (SSSR count). The molecule has 0 aromatic rings. The highest BCUT2D eigenvalue weighted by Crippen LogP contribution is 2.31. The number of hydrogen-bond donors (Lipinski definition) is 1. The zero-order valence-corrected chi connectivity index (χ0v) is 9.85. The number of rotatable bonds is 3. The van der Waals surface area contributed by atoms with Crippen molar-refractivity contribution in [2.45, 2.75) is 5.00 Å². The fourth-order valence-electron chi connectivity index (χ4n) is 1.11. The molecule has 1 aliphatic rings. The molecule has 0 amide bonds. The minimum atomic E-state index is -1.52. The van der Waals surface area contributed by atoms with Gasteiger partial charge in [0.1, 0.15) is 0 Å². The van der Waals surface area contributed by atoms with Crippen LogP contribution in [0.2, 0.25) is 0 Å². The molecule has 0 fully saturated rings. The molecule has 1 atom stereocenters. The first-order valence-corrected chi connectivity index (χ1v) is 4.91. The van der Waals surface area contributed by atoms with E-state index in [0.29, 0.717) is 6.61 Å². The molecular weight excluding hydrogens is 241 g/mol. The molecule has 0 spiro atoms. The Morgan fingerprint density at radius 1 is 1.60 bits per heavy atom. The van der Waals surface area contributed by atoms with Crippen LogP contribution in [0.5, 0.6) is 0 Å².